The van der Waals surface area contributed by atoms with Crippen LogP contribution in [0.3, 0.4) is 0 Å². The first-order valence-corrected chi connectivity index (χ1v) is 6.67. The van der Waals surface area contributed by atoms with Crippen LogP contribution in [0.4, 0.5) is 0 Å². The largest absolute Gasteiger partial charge is 0.481 e. The molecule has 1 N–H and O–H groups in total. The molecular formula is C13H10BrClN2O2. The van der Waals surface area contributed by atoms with Gasteiger partial charge in [0.2, 0.25) is 0 Å². The molecule has 19 heavy (non-hydrogen) atoms. The minimum Gasteiger partial charge on any atom is -0.481 e. The van der Waals surface area contributed by atoms with E-state index < -0.39 is 11.9 Å². The number of hydrogen-bond donors (Lipinski definition) is 1. The summed E-state index contributed by atoms with van der Waals surface area (Å²) < 4.78 is 0.947. The van der Waals surface area contributed by atoms with Crippen molar-refractivity contribution in [2.45, 2.75) is 12.3 Å². The summed E-state index contributed by atoms with van der Waals surface area (Å²) in [5.41, 5.74) is 1.25. The van der Waals surface area contributed by atoms with Gasteiger partial charge in [-0.05, 0) is 24.1 Å². The Hall–Kier alpha value is -1.46. The van der Waals surface area contributed by atoms with Crippen molar-refractivity contribution < 1.29 is 9.90 Å². The number of aromatic nitrogens is 2. The van der Waals surface area contributed by atoms with Crippen LogP contribution in [0.2, 0.25) is 5.02 Å². The molecule has 0 saturated heterocycles. The van der Waals surface area contributed by atoms with E-state index in [9.17, 15) is 9.90 Å². The van der Waals surface area contributed by atoms with Crippen molar-refractivity contribution >= 4 is 33.5 Å². The van der Waals surface area contributed by atoms with Gasteiger partial charge in [-0.1, -0.05) is 39.7 Å². The molecular weight excluding hydrogens is 332 g/mol. The number of rotatable bonds is 4. The van der Waals surface area contributed by atoms with Gasteiger partial charge in [-0.2, -0.15) is 0 Å². The summed E-state index contributed by atoms with van der Waals surface area (Å²) in [5.74, 6) is -1.74. The van der Waals surface area contributed by atoms with Gasteiger partial charge in [0, 0.05) is 10.7 Å². The number of benzene rings is 1. The van der Waals surface area contributed by atoms with Gasteiger partial charge < -0.3 is 5.11 Å². The quantitative estimate of drug-likeness (QED) is 0.927. The summed E-state index contributed by atoms with van der Waals surface area (Å²) in [5, 5.41) is 9.61. The molecule has 0 aliphatic carbocycles. The van der Waals surface area contributed by atoms with Gasteiger partial charge in [-0.3, -0.25) is 4.79 Å². The second-order valence-electron chi connectivity index (χ2n) is 3.98. The highest BCUT2D eigenvalue weighted by Gasteiger charge is 2.24. The Morgan fingerprint density at radius 1 is 1.37 bits per heavy atom. The zero-order chi connectivity index (χ0) is 13.8. The maximum atomic E-state index is 11.4. The maximum absolute atomic E-state index is 11.4. The molecule has 0 saturated carbocycles. The molecule has 0 amide bonds. The lowest BCUT2D eigenvalue weighted by Crippen LogP contribution is -2.16. The first-order valence-electron chi connectivity index (χ1n) is 5.50. The number of carboxylic acid groups (broad SMARTS) is 1. The van der Waals surface area contributed by atoms with Gasteiger partial charge in [0.25, 0.3) is 0 Å². The van der Waals surface area contributed by atoms with Crippen molar-refractivity contribution in [2.75, 3.05) is 0 Å². The Morgan fingerprint density at radius 2 is 2.05 bits per heavy atom. The second-order valence-corrected chi connectivity index (χ2v) is 5.30. The molecule has 0 aliphatic rings. The van der Waals surface area contributed by atoms with Crippen molar-refractivity contribution in [3.8, 4) is 0 Å². The fraction of sp³-hybridized carbons (Fsp3) is 0.154. The molecule has 0 aliphatic heterocycles. The Bertz CT molecular complexity index is 589. The number of carboxylic acids is 1. The average Bonchev–Trinajstić information content (AvgIpc) is 2.39. The first kappa shape index (κ1) is 14.0. The van der Waals surface area contributed by atoms with Gasteiger partial charge in [-0.15, -0.1) is 0 Å². The van der Waals surface area contributed by atoms with Crippen molar-refractivity contribution in [3.63, 3.8) is 0 Å². The molecule has 0 fully saturated rings. The number of nitrogens with zero attached hydrogens (tertiary/aromatic N) is 2. The molecule has 1 aromatic heterocycles. The van der Waals surface area contributed by atoms with Crippen LogP contribution < -0.4 is 0 Å². The van der Waals surface area contributed by atoms with Gasteiger partial charge in [0.1, 0.15) is 12.2 Å². The molecule has 4 nitrogen and oxygen atoms in total. The predicted octanol–water partition coefficient (Wildman–Crippen LogP) is 3.30. The third-order valence-electron chi connectivity index (χ3n) is 2.68. The van der Waals surface area contributed by atoms with Crippen LogP contribution in [-0.2, 0) is 11.2 Å². The molecule has 2 rings (SSSR count). The molecule has 1 unspecified atom stereocenters. The van der Waals surface area contributed by atoms with Gasteiger partial charge in [0.05, 0.1) is 10.7 Å². The summed E-state index contributed by atoms with van der Waals surface area (Å²) >= 11 is 9.30. The Kier molecular flexibility index (Phi) is 4.50. The summed E-state index contributed by atoms with van der Waals surface area (Å²) in [6.07, 6.45) is 3.04. The molecule has 1 aromatic carbocycles. The lowest BCUT2D eigenvalue weighted by Gasteiger charge is -2.13. The number of carbonyl (C=O) groups is 1. The molecule has 0 spiro atoms. The van der Waals surface area contributed by atoms with E-state index in [1.807, 2.05) is 24.3 Å². The summed E-state index contributed by atoms with van der Waals surface area (Å²) in [4.78, 5) is 19.1. The zero-order valence-electron chi connectivity index (χ0n) is 9.75. The minimum atomic E-state index is -0.955. The topological polar surface area (TPSA) is 63.1 Å². The maximum Gasteiger partial charge on any atom is 0.312 e. The number of hydrogen-bond acceptors (Lipinski definition) is 3. The van der Waals surface area contributed by atoms with Crippen molar-refractivity contribution in [1.82, 2.24) is 9.97 Å². The highest BCUT2D eigenvalue weighted by Crippen LogP contribution is 2.25. The van der Waals surface area contributed by atoms with Gasteiger partial charge in [0.15, 0.2) is 0 Å². The highest BCUT2D eigenvalue weighted by atomic mass is 79.9. The van der Waals surface area contributed by atoms with E-state index in [1.54, 1.807) is 0 Å². The minimum absolute atomic E-state index is 0.270. The Labute approximate surface area is 123 Å². The van der Waals surface area contributed by atoms with Crippen LogP contribution in [0.1, 0.15) is 17.2 Å². The molecule has 0 bridgehead atoms. The van der Waals surface area contributed by atoms with E-state index in [1.165, 1.54) is 12.5 Å². The predicted molar refractivity (Wildman–Crippen MR) is 75.3 cm³/mol. The van der Waals surface area contributed by atoms with Crippen LogP contribution in [-0.4, -0.2) is 21.0 Å². The van der Waals surface area contributed by atoms with E-state index in [-0.39, 0.29) is 5.02 Å². The fourth-order valence-electron chi connectivity index (χ4n) is 1.74. The molecule has 98 valence electrons. The first-order chi connectivity index (χ1) is 9.08. The van der Waals surface area contributed by atoms with Crippen molar-refractivity contribution in [3.05, 3.63) is 57.5 Å². The normalized spacial score (nSPS) is 12.1. The summed E-state index contributed by atoms with van der Waals surface area (Å²) in [7, 11) is 0. The molecule has 2 aromatic rings. The highest BCUT2D eigenvalue weighted by molar-refractivity contribution is 9.10. The Morgan fingerprint density at radius 3 is 2.63 bits per heavy atom. The van der Waals surface area contributed by atoms with E-state index in [4.69, 9.17) is 11.6 Å². The number of aliphatic carboxylic acids is 1. The van der Waals surface area contributed by atoms with Crippen molar-refractivity contribution in [1.29, 1.82) is 0 Å². The summed E-state index contributed by atoms with van der Waals surface area (Å²) in [6.45, 7) is 0. The zero-order valence-corrected chi connectivity index (χ0v) is 12.1. The molecule has 1 heterocycles. The molecule has 0 radical (unpaired) electrons. The summed E-state index contributed by atoms with van der Waals surface area (Å²) in [6, 6.07) is 7.48. The fourth-order valence-corrected chi connectivity index (χ4v) is 2.24. The lowest BCUT2D eigenvalue weighted by molar-refractivity contribution is -0.138. The third-order valence-corrected chi connectivity index (χ3v) is 3.50. The van der Waals surface area contributed by atoms with E-state index in [2.05, 4.69) is 25.9 Å². The van der Waals surface area contributed by atoms with E-state index >= 15 is 0 Å². The van der Waals surface area contributed by atoms with Crippen LogP contribution in [0.15, 0.2) is 41.3 Å². The van der Waals surface area contributed by atoms with E-state index in [0.717, 1.165) is 10.0 Å². The average molecular weight is 342 g/mol. The van der Waals surface area contributed by atoms with Gasteiger partial charge in [-0.25, -0.2) is 9.97 Å². The van der Waals surface area contributed by atoms with Crippen LogP contribution in [0.25, 0.3) is 0 Å². The third kappa shape index (κ3) is 3.52. The van der Waals surface area contributed by atoms with Crippen molar-refractivity contribution in [2.24, 2.45) is 0 Å². The molecule has 6 heteroatoms. The standard InChI is InChI=1S/C13H10BrClN2O2/c14-9-3-1-8(2-4-9)5-10(13(18)19)12-11(15)6-16-7-17-12/h1-4,6-7,10H,5H2,(H,18,19). The molecule has 1 atom stereocenters. The lowest BCUT2D eigenvalue weighted by atomic mass is 9.96. The van der Waals surface area contributed by atoms with Gasteiger partial charge >= 0.3 is 5.97 Å². The monoisotopic (exact) mass is 340 g/mol. The van der Waals surface area contributed by atoms with Crippen LogP contribution in [0.5, 0.6) is 0 Å². The number of halogens is 2. The van der Waals surface area contributed by atoms with Crippen LogP contribution >= 0.6 is 27.5 Å². The smallest absolute Gasteiger partial charge is 0.312 e. The second kappa shape index (κ2) is 6.12. The van der Waals surface area contributed by atoms with E-state index in [0.29, 0.717) is 12.1 Å². The van der Waals surface area contributed by atoms with Crippen LogP contribution in [0, 0.1) is 0 Å². The SMILES string of the molecule is O=C(O)C(Cc1ccc(Br)cc1)c1ncncc1Cl. The Balaban J connectivity index is 2.29.